The molecule has 1 aliphatic rings. The fourth-order valence-corrected chi connectivity index (χ4v) is 5.54. The van der Waals surface area contributed by atoms with Gasteiger partial charge in [-0.1, -0.05) is 18.2 Å². The van der Waals surface area contributed by atoms with Gasteiger partial charge in [0.25, 0.3) is 0 Å². The summed E-state index contributed by atoms with van der Waals surface area (Å²) < 4.78 is 6.24. The standard InChI is InChI=1S/C28H27N3O3S/c1-4-34-28(33)20-7-5-19(6-8-20)21-9-12-26-23(14-21)25(13-17(2)31(26)18(3)32)30-22-10-11-24-27(15-22)35-16-29-24/h5-12,14-17,25,30H,4,13H2,1-3H3/t17-,25+/m0/s1. The lowest BCUT2D eigenvalue weighted by Gasteiger charge is -2.39. The molecule has 0 aliphatic carbocycles. The molecule has 35 heavy (non-hydrogen) atoms. The normalized spacial score (nSPS) is 17.2. The number of anilines is 2. The van der Waals surface area contributed by atoms with Crippen LogP contribution in [0.15, 0.2) is 66.2 Å². The van der Waals surface area contributed by atoms with Gasteiger partial charge in [-0.2, -0.15) is 0 Å². The minimum absolute atomic E-state index is 0.0369. The zero-order valence-electron chi connectivity index (χ0n) is 19.9. The molecule has 5 rings (SSSR count). The second-order valence-corrected chi connectivity index (χ2v) is 9.66. The summed E-state index contributed by atoms with van der Waals surface area (Å²) in [5, 5.41) is 3.71. The first-order chi connectivity index (χ1) is 16.9. The maximum absolute atomic E-state index is 12.5. The van der Waals surface area contributed by atoms with Crippen LogP contribution in [0.5, 0.6) is 0 Å². The Balaban J connectivity index is 1.51. The Labute approximate surface area is 208 Å². The number of thiazole rings is 1. The molecule has 3 aromatic carbocycles. The highest BCUT2D eigenvalue weighted by Gasteiger charge is 2.32. The van der Waals surface area contributed by atoms with Gasteiger partial charge in [-0.05, 0) is 79.4 Å². The molecular weight excluding hydrogens is 458 g/mol. The molecule has 1 aromatic heterocycles. The van der Waals surface area contributed by atoms with E-state index in [2.05, 4.69) is 35.4 Å². The van der Waals surface area contributed by atoms with E-state index >= 15 is 0 Å². The predicted molar refractivity (Wildman–Crippen MR) is 141 cm³/mol. The average Bonchev–Trinajstić information content (AvgIpc) is 3.32. The Hall–Kier alpha value is -3.71. The van der Waals surface area contributed by atoms with Crippen LogP contribution in [0, 0.1) is 0 Å². The highest BCUT2D eigenvalue weighted by Crippen LogP contribution is 2.41. The van der Waals surface area contributed by atoms with E-state index < -0.39 is 0 Å². The first-order valence-corrected chi connectivity index (χ1v) is 12.6. The van der Waals surface area contributed by atoms with Gasteiger partial charge in [0.05, 0.1) is 33.9 Å². The maximum Gasteiger partial charge on any atom is 0.338 e. The molecule has 178 valence electrons. The lowest BCUT2D eigenvalue weighted by molar-refractivity contribution is -0.117. The van der Waals surface area contributed by atoms with Crippen LogP contribution >= 0.6 is 11.3 Å². The molecule has 1 N–H and O–H groups in total. The molecule has 0 saturated heterocycles. The number of aromatic nitrogens is 1. The van der Waals surface area contributed by atoms with E-state index in [9.17, 15) is 9.59 Å². The topological polar surface area (TPSA) is 71.5 Å². The van der Waals surface area contributed by atoms with E-state index in [-0.39, 0.29) is 24.0 Å². The minimum Gasteiger partial charge on any atom is -0.462 e. The third-order valence-electron chi connectivity index (χ3n) is 6.42. The average molecular weight is 486 g/mol. The molecule has 1 amide bonds. The summed E-state index contributed by atoms with van der Waals surface area (Å²) in [6.07, 6.45) is 0.790. The predicted octanol–water partition coefficient (Wildman–Crippen LogP) is 6.44. The molecule has 0 bridgehead atoms. The molecule has 4 aromatic rings. The van der Waals surface area contributed by atoms with Crippen LogP contribution in [0.2, 0.25) is 0 Å². The molecule has 0 saturated carbocycles. The van der Waals surface area contributed by atoms with Gasteiger partial charge in [-0.15, -0.1) is 11.3 Å². The Morgan fingerprint density at radius 3 is 2.60 bits per heavy atom. The fourth-order valence-electron chi connectivity index (χ4n) is 4.82. The summed E-state index contributed by atoms with van der Waals surface area (Å²) in [6.45, 7) is 5.85. The van der Waals surface area contributed by atoms with E-state index in [1.54, 1.807) is 37.3 Å². The van der Waals surface area contributed by atoms with Crippen LogP contribution in [0.1, 0.15) is 49.2 Å². The third kappa shape index (κ3) is 4.51. The molecule has 0 spiro atoms. The molecule has 1 aliphatic heterocycles. The van der Waals surface area contributed by atoms with E-state index in [1.165, 1.54) is 0 Å². The number of benzene rings is 3. The van der Waals surface area contributed by atoms with Gasteiger partial charge >= 0.3 is 5.97 Å². The van der Waals surface area contributed by atoms with Crippen LogP contribution < -0.4 is 10.2 Å². The SMILES string of the molecule is CCOC(=O)c1ccc(-c2ccc3c(c2)[C@H](Nc2ccc4ncsc4c2)C[C@H](C)N3C(C)=O)cc1. The number of nitrogens with zero attached hydrogens (tertiary/aromatic N) is 2. The second-order valence-electron chi connectivity index (χ2n) is 8.78. The van der Waals surface area contributed by atoms with E-state index in [1.807, 2.05) is 40.7 Å². The summed E-state index contributed by atoms with van der Waals surface area (Å²) in [7, 11) is 0. The van der Waals surface area contributed by atoms with Crippen molar-refractivity contribution in [1.82, 2.24) is 4.98 Å². The number of rotatable bonds is 5. The molecular formula is C28H27N3O3S. The molecule has 0 radical (unpaired) electrons. The van der Waals surface area contributed by atoms with Crippen LogP contribution in [-0.2, 0) is 9.53 Å². The van der Waals surface area contributed by atoms with Crippen molar-refractivity contribution >= 4 is 44.8 Å². The number of fused-ring (bicyclic) bond motifs is 2. The van der Waals surface area contributed by atoms with Crippen LogP contribution in [0.4, 0.5) is 11.4 Å². The van der Waals surface area contributed by atoms with Crippen molar-refractivity contribution in [3.63, 3.8) is 0 Å². The summed E-state index contributed by atoms with van der Waals surface area (Å²) in [4.78, 5) is 30.8. The van der Waals surface area contributed by atoms with Crippen molar-refractivity contribution in [2.45, 2.75) is 39.3 Å². The maximum atomic E-state index is 12.5. The molecule has 2 heterocycles. The third-order valence-corrected chi connectivity index (χ3v) is 7.21. The molecule has 6 nitrogen and oxygen atoms in total. The van der Waals surface area contributed by atoms with E-state index in [4.69, 9.17) is 4.74 Å². The lowest BCUT2D eigenvalue weighted by atomic mass is 9.88. The quantitative estimate of drug-likeness (QED) is 0.330. The van der Waals surface area contributed by atoms with Gasteiger partial charge in [-0.25, -0.2) is 9.78 Å². The minimum atomic E-state index is -0.322. The Bertz CT molecular complexity index is 1400. The largest absolute Gasteiger partial charge is 0.462 e. The zero-order valence-corrected chi connectivity index (χ0v) is 20.8. The summed E-state index contributed by atoms with van der Waals surface area (Å²) in [5.41, 5.74) is 8.45. The van der Waals surface area contributed by atoms with Crippen LogP contribution in [0.25, 0.3) is 21.3 Å². The molecule has 7 heteroatoms. The Morgan fingerprint density at radius 2 is 1.86 bits per heavy atom. The Morgan fingerprint density at radius 1 is 1.09 bits per heavy atom. The van der Waals surface area contributed by atoms with Gasteiger partial charge in [0.15, 0.2) is 0 Å². The zero-order chi connectivity index (χ0) is 24.5. The first kappa shape index (κ1) is 23.1. The number of hydrogen-bond donors (Lipinski definition) is 1. The molecule has 0 unspecified atom stereocenters. The number of hydrogen-bond acceptors (Lipinski definition) is 6. The highest BCUT2D eigenvalue weighted by atomic mass is 32.1. The van der Waals surface area contributed by atoms with Gasteiger partial charge < -0.3 is 15.0 Å². The van der Waals surface area contributed by atoms with E-state index in [0.717, 1.165) is 44.7 Å². The van der Waals surface area contributed by atoms with Gasteiger partial charge in [0.1, 0.15) is 0 Å². The van der Waals surface area contributed by atoms with Crippen molar-refractivity contribution in [3.05, 3.63) is 77.3 Å². The number of amides is 1. The van der Waals surface area contributed by atoms with E-state index in [0.29, 0.717) is 12.2 Å². The smallest absolute Gasteiger partial charge is 0.338 e. The van der Waals surface area contributed by atoms with Crippen LogP contribution in [0.3, 0.4) is 0 Å². The Kier molecular flexibility index (Phi) is 6.26. The highest BCUT2D eigenvalue weighted by molar-refractivity contribution is 7.16. The van der Waals surface area contributed by atoms with Crippen molar-refractivity contribution in [1.29, 1.82) is 0 Å². The van der Waals surface area contributed by atoms with Crippen molar-refractivity contribution in [2.75, 3.05) is 16.8 Å². The van der Waals surface area contributed by atoms with Crippen molar-refractivity contribution in [3.8, 4) is 11.1 Å². The number of nitrogens with one attached hydrogen (secondary N) is 1. The number of ether oxygens (including phenoxy) is 1. The van der Waals surface area contributed by atoms with Gasteiger partial charge in [0.2, 0.25) is 5.91 Å². The number of carbonyl (C=O) groups excluding carboxylic acids is 2. The molecule has 0 fully saturated rings. The lowest BCUT2D eigenvalue weighted by Crippen LogP contribution is -2.43. The second kappa shape index (κ2) is 9.50. The van der Waals surface area contributed by atoms with Crippen molar-refractivity contribution < 1.29 is 14.3 Å². The van der Waals surface area contributed by atoms with Gasteiger partial charge in [0, 0.05) is 24.3 Å². The van der Waals surface area contributed by atoms with Crippen LogP contribution in [-0.4, -0.2) is 29.5 Å². The first-order valence-electron chi connectivity index (χ1n) is 11.8. The number of esters is 1. The monoisotopic (exact) mass is 485 g/mol. The van der Waals surface area contributed by atoms with Gasteiger partial charge in [-0.3, -0.25) is 4.79 Å². The van der Waals surface area contributed by atoms with Crippen molar-refractivity contribution in [2.24, 2.45) is 0 Å². The molecule has 2 atom stereocenters. The summed E-state index contributed by atoms with van der Waals surface area (Å²) >= 11 is 1.62. The summed E-state index contributed by atoms with van der Waals surface area (Å²) in [5.74, 6) is -0.285. The summed E-state index contributed by atoms with van der Waals surface area (Å²) in [6, 6.07) is 20.0. The fraction of sp³-hybridized carbons (Fsp3) is 0.250. The number of carbonyl (C=O) groups is 2.